The Morgan fingerprint density at radius 3 is 2.68 bits per heavy atom. The summed E-state index contributed by atoms with van der Waals surface area (Å²) in [5, 5.41) is 5.88. The standard InChI is InChI=1S/C25H33N3O3/c1-18-19(2)23(31-3)12-11-21(18)17-28-15-14-27-25(30)22(28)16-24(29)26-13-7-10-20-8-5-4-6-9-20/h4-6,8-9,11-12,22H,7,10,13-17H2,1-3H3,(H,26,29)(H,27,30)/t22-/m1/s1. The van der Waals surface area contributed by atoms with Gasteiger partial charge in [0.25, 0.3) is 0 Å². The van der Waals surface area contributed by atoms with Gasteiger partial charge in [-0.25, -0.2) is 0 Å². The number of ether oxygens (including phenoxy) is 1. The molecule has 2 amide bonds. The van der Waals surface area contributed by atoms with Gasteiger partial charge in [-0.15, -0.1) is 0 Å². The molecule has 0 saturated carbocycles. The maximum Gasteiger partial charge on any atom is 0.237 e. The monoisotopic (exact) mass is 423 g/mol. The number of amides is 2. The number of nitrogens with zero attached hydrogens (tertiary/aromatic N) is 1. The maximum atomic E-state index is 12.5. The van der Waals surface area contributed by atoms with Crippen LogP contribution in [0.4, 0.5) is 0 Å². The second kappa shape index (κ2) is 11.0. The molecule has 0 bridgehead atoms. The first kappa shape index (κ1) is 22.8. The van der Waals surface area contributed by atoms with Crippen molar-refractivity contribution in [3.05, 3.63) is 64.7 Å². The van der Waals surface area contributed by atoms with E-state index in [1.54, 1.807) is 7.11 Å². The second-order valence-electron chi connectivity index (χ2n) is 8.10. The van der Waals surface area contributed by atoms with Crippen molar-refractivity contribution in [2.24, 2.45) is 0 Å². The molecule has 1 fully saturated rings. The summed E-state index contributed by atoms with van der Waals surface area (Å²) in [6.07, 6.45) is 1.97. The van der Waals surface area contributed by atoms with E-state index in [4.69, 9.17) is 4.74 Å². The zero-order valence-corrected chi connectivity index (χ0v) is 18.7. The van der Waals surface area contributed by atoms with Crippen LogP contribution < -0.4 is 15.4 Å². The molecule has 1 heterocycles. The largest absolute Gasteiger partial charge is 0.496 e. The first-order chi connectivity index (χ1) is 15.0. The summed E-state index contributed by atoms with van der Waals surface area (Å²) >= 11 is 0. The van der Waals surface area contributed by atoms with Crippen LogP contribution in [0.15, 0.2) is 42.5 Å². The Hall–Kier alpha value is -2.86. The van der Waals surface area contributed by atoms with Gasteiger partial charge in [0.2, 0.25) is 11.8 Å². The Balaban J connectivity index is 1.56. The predicted molar refractivity (Wildman–Crippen MR) is 122 cm³/mol. The van der Waals surface area contributed by atoms with Crippen LogP contribution in [-0.4, -0.2) is 49.5 Å². The van der Waals surface area contributed by atoms with Crippen LogP contribution in [0, 0.1) is 13.8 Å². The lowest BCUT2D eigenvalue weighted by Gasteiger charge is -2.35. The third kappa shape index (κ3) is 6.07. The zero-order chi connectivity index (χ0) is 22.2. The molecule has 0 radical (unpaired) electrons. The SMILES string of the molecule is COc1ccc(CN2CCNC(=O)[C@H]2CC(=O)NCCCc2ccccc2)c(C)c1C. The van der Waals surface area contributed by atoms with E-state index in [0.29, 0.717) is 19.6 Å². The van der Waals surface area contributed by atoms with Crippen molar-refractivity contribution in [2.75, 3.05) is 26.7 Å². The molecule has 1 atom stereocenters. The van der Waals surface area contributed by atoms with E-state index < -0.39 is 6.04 Å². The Morgan fingerprint density at radius 1 is 1.16 bits per heavy atom. The highest BCUT2D eigenvalue weighted by Crippen LogP contribution is 2.26. The van der Waals surface area contributed by atoms with E-state index in [0.717, 1.165) is 41.8 Å². The maximum absolute atomic E-state index is 12.5. The van der Waals surface area contributed by atoms with Crippen LogP contribution >= 0.6 is 0 Å². The number of benzene rings is 2. The Labute approximate surface area is 185 Å². The molecule has 31 heavy (non-hydrogen) atoms. The number of carbonyl (C=O) groups excluding carboxylic acids is 2. The lowest BCUT2D eigenvalue weighted by molar-refractivity contribution is -0.134. The van der Waals surface area contributed by atoms with E-state index in [1.807, 2.05) is 37.3 Å². The molecule has 1 saturated heterocycles. The van der Waals surface area contributed by atoms with E-state index in [9.17, 15) is 9.59 Å². The van der Waals surface area contributed by atoms with Crippen LogP contribution in [0.3, 0.4) is 0 Å². The van der Waals surface area contributed by atoms with Crippen LogP contribution in [0.1, 0.15) is 35.1 Å². The van der Waals surface area contributed by atoms with Gasteiger partial charge in [0, 0.05) is 26.2 Å². The Morgan fingerprint density at radius 2 is 1.94 bits per heavy atom. The summed E-state index contributed by atoms with van der Waals surface area (Å²) in [7, 11) is 1.67. The van der Waals surface area contributed by atoms with Gasteiger partial charge in [0.15, 0.2) is 0 Å². The number of aryl methyl sites for hydroxylation is 1. The lowest BCUT2D eigenvalue weighted by atomic mass is 10.00. The van der Waals surface area contributed by atoms with E-state index in [-0.39, 0.29) is 18.2 Å². The van der Waals surface area contributed by atoms with Gasteiger partial charge in [-0.3, -0.25) is 14.5 Å². The third-order valence-electron chi connectivity index (χ3n) is 6.07. The van der Waals surface area contributed by atoms with Crippen LogP contribution in [-0.2, 0) is 22.6 Å². The summed E-state index contributed by atoms with van der Waals surface area (Å²) < 4.78 is 5.41. The molecule has 0 aliphatic carbocycles. The van der Waals surface area contributed by atoms with Crippen molar-refractivity contribution in [1.82, 2.24) is 15.5 Å². The van der Waals surface area contributed by atoms with Crippen molar-refractivity contribution in [1.29, 1.82) is 0 Å². The van der Waals surface area contributed by atoms with E-state index in [2.05, 4.69) is 34.6 Å². The minimum absolute atomic E-state index is 0.0754. The molecule has 6 nitrogen and oxygen atoms in total. The normalized spacial score (nSPS) is 16.6. The Kier molecular flexibility index (Phi) is 8.06. The molecule has 0 unspecified atom stereocenters. The molecular weight excluding hydrogens is 390 g/mol. The molecule has 6 heteroatoms. The molecule has 2 N–H and O–H groups in total. The predicted octanol–water partition coefficient (Wildman–Crippen LogP) is 2.75. The van der Waals surface area contributed by atoms with Crippen LogP contribution in [0.5, 0.6) is 5.75 Å². The molecule has 166 valence electrons. The Bertz CT molecular complexity index is 898. The van der Waals surface area contributed by atoms with E-state index in [1.165, 1.54) is 5.56 Å². The fraction of sp³-hybridized carbons (Fsp3) is 0.440. The molecule has 0 aromatic heterocycles. The smallest absolute Gasteiger partial charge is 0.237 e. The van der Waals surface area contributed by atoms with Crippen LogP contribution in [0.25, 0.3) is 0 Å². The number of rotatable bonds is 9. The highest BCUT2D eigenvalue weighted by Gasteiger charge is 2.31. The molecular formula is C25H33N3O3. The minimum Gasteiger partial charge on any atom is -0.496 e. The van der Waals surface area contributed by atoms with Gasteiger partial charge in [0.1, 0.15) is 5.75 Å². The average Bonchev–Trinajstić information content (AvgIpc) is 2.77. The summed E-state index contributed by atoms with van der Waals surface area (Å²) in [5.74, 6) is 0.709. The fourth-order valence-corrected chi connectivity index (χ4v) is 4.05. The number of nitrogens with one attached hydrogen (secondary N) is 2. The van der Waals surface area contributed by atoms with Crippen molar-refractivity contribution in [3.63, 3.8) is 0 Å². The first-order valence-electron chi connectivity index (χ1n) is 10.9. The highest BCUT2D eigenvalue weighted by atomic mass is 16.5. The van der Waals surface area contributed by atoms with Crippen molar-refractivity contribution < 1.29 is 14.3 Å². The van der Waals surface area contributed by atoms with Crippen molar-refractivity contribution in [2.45, 2.75) is 45.7 Å². The fourth-order valence-electron chi connectivity index (χ4n) is 4.05. The van der Waals surface area contributed by atoms with Crippen molar-refractivity contribution in [3.8, 4) is 5.75 Å². The summed E-state index contributed by atoms with van der Waals surface area (Å²) in [5.41, 5.74) is 4.68. The number of hydrogen-bond acceptors (Lipinski definition) is 4. The highest BCUT2D eigenvalue weighted by molar-refractivity contribution is 5.88. The van der Waals surface area contributed by atoms with Gasteiger partial charge in [0.05, 0.1) is 19.6 Å². The topological polar surface area (TPSA) is 70.7 Å². The number of piperazine rings is 1. The van der Waals surface area contributed by atoms with Crippen molar-refractivity contribution >= 4 is 11.8 Å². The average molecular weight is 424 g/mol. The number of hydrogen-bond donors (Lipinski definition) is 2. The summed E-state index contributed by atoms with van der Waals surface area (Å²) in [6.45, 7) is 6.69. The lowest BCUT2D eigenvalue weighted by Crippen LogP contribution is -2.56. The summed E-state index contributed by atoms with van der Waals surface area (Å²) in [6, 6.07) is 13.8. The summed E-state index contributed by atoms with van der Waals surface area (Å²) in [4.78, 5) is 27.2. The van der Waals surface area contributed by atoms with Gasteiger partial charge in [-0.2, -0.15) is 0 Å². The number of carbonyl (C=O) groups is 2. The van der Waals surface area contributed by atoms with Gasteiger partial charge >= 0.3 is 0 Å². The third-order valence-corrected chi connectivity index (χ3v) is 6.07. The van der Waals surface area contributed by atoms with Gasteiger partial charge in [-0.1, -0.05) is 36.4 Å². The number of methoxy groups -OCH3 is 1. The van der Waals surface area contributed by atoms with Crippen LogP contribution in [0.2, 0.25) is 0 Å². The van der Waals surface area contributed by atoms with Gasteiger partial charge < -0.3 is 15.4 Å². The second-order valence-corrected chi connectivity index (χ2v) is 8.10. The molecule has 3 rings (SSSR count). The quantitative estimate of drug-likeness (QED) is 0.609. The van der Waals surface area contributed by atoms with E-state index >= 15 is 0 Å². The van der Waals surface area contributed by atoms with Gasteiger partial charge in [-0.05, 0) is 55.0 Å². The molecule has 1 aliphatic heterocycles. The molecule has 2 aromatic rings. The zero-order valence-electron chi connectivity index (χ0n) is 18.7. The molecule has 1 aliphatic rings. The molecule has 2 aromatic carbocycles. The minimum atomic E-state index is -0.454. The molecule has 0 spiro atoms. The first-order valence-corrected chi connectivity index (χ1v) is 10.9.